The zero-order valence-corrected chi connectivity index (χ0v) is 12.4. The largest absolute Gasteiger partial charge is 0.385 e. The second-order valence-electron chi connectivity index (χ2n) is 4.85. The van der Waals surface area contributed by atoms with Crippen molar-refractivity contribution in [1.82, 2.24) is 9.55 Å². The zero-order valence-electron chi connectivity index (χ0n) is 12.4. The monoisotopic (exact) mass is 288 g/mol. The maximum absolute atomic E-state index is 11.0. The number of hydrogen-bond donors (Lipinski definition) is 1. The van der Waals surface area contributed by atoms with Crippen LogP contribution in [0.15, 0.2) is 30.6 Å². The minimum Gasteiger partial charge on any atom is -0.385 e. The van der Waals surface area contributed by atoms with Crippen molar-refractivity contribution >= 4 is 11.4 Å². The molecule has 6 nitrogen and oxygen atoms in total. The van der Waals surface area contributed by atoms with Crippen molar-refractivity contribution in [2.45, 2.75) is 33.2 Å². The van der Waals surface area contributed by atoms with Crippen molar-refractivity contribution in [3.05, 3.63) is 52.1 Å². The van der Waals surface area contributed by atoms with Crippen LogP contribution in [0, 0.1) is 10.1 Å². The molecule has 0 bridgehead atoms. The summed E-state index contributed by atoms with van der Waals surface area (Å²) in [6.07, 6.45) is 5.50. The number of nitro benzene ring substituents is 1. The quantitative estimate of drug-likeness (QED) is 0.627. The van der Waals surface area contributed by atoms with Gasteiger partial charge in [-0.1, -0.05) is 13.8 Å². The molecule has 1 aromatic heterocycles. The molecule has 2 rings (SSSR count). The van der Waals surface area contributed by atoms with Crippen LogP contribution >= 0.6 is 0 Å². The Morgan fingerprint density at radius 2 is 2.19 bits per heavy atom. The first-order chi connectivity index (χ1) is 10.2. The van der Waals surface area contributed by atoms with Crippen LogP contribution in [0.25, 0.3) is 0 Å². The van der Waals surface area contributed by atoms with Gasteiger partial charge in [-0.15, -0.1) is 0 Å². The number of nitrogens with one attached hydrogen (secondary N) is 1. The van der Waals surface area contributed by atoms with Crippen LogP contribution in [0.1, 0.15) is 31.7 Å². The van der Waals surface area contributed by atoms with Gasteiger partial charge in [0.05, 0.1) is 11.5 Å². The standard InChI is InChI=1S/C15H20N4O2/c1-3-7-16-14-6-5-13(19(20)21)10-12(14)11-18-9-8-17-15(18)4-2/h5-6,8-10,16H,3-4,7,11H2,1-2H3. The topological polar surface area (TPSA) is 73.0 Å². The van der Waals surface area contributed by atoms with Gasteiger partial charge in [-0.3, -0.25) is 10.1 Å². The van der Waals surface area contributed by atoms with Crippen molar-refractivity contribution in [2.24, 2.45) is 0 Å². The van der Waals surface area contributed by atoms with Crippen molar-refractivity contribution in [3.63, 3.8) is 0 Å². The molecule has 0 amide bonds. The Balaban J connectivity index is 2.33. The van der Waals surface area contributed by atoms with E-state index in [-0.39, 0.29) is 10.6 Å². The molecular formula is C15H20N4O2. The van der Waals surface area contributed by atoms with E-state index in [1.807, 2.05) is 17.7 Å². The van der Waals surface area contributed by atoms with E-state index < -0.39 is 0 Å². The normalized spacial score (nSPS) is 10.6. The highest BCUT2D eigenvalue weighted by Gasteiger charge is 2.12. The number of anilines is 1. The Kier molecular flexibility index (Phi) is 4.92. The van der Waals surface area contributed by atoms with Gasteiger partial charge in [-0.2, -0.15) is 0 Å². The molecule has 0 radical (unpaired) electrons. The van der Waals surface area contributed by atoms with Crippen LogP contribution in [-0.4, -0.2) is 21.0 Å². The van der Waals surface area contributed by atoms with Gasteiger partial charge in [-0.25, -0.2) is 4.98 Å². The number of aryl methyl sites for hydroxylation is 1. The number of nitro groups is 1. The van der Waals surface area contributed by atoms with E-state index >= 15 is 0 Å². The van der Waals surface area contributed by atoms with Crippen molar-refractivity contribution in [2.75, 3.05) is 11.9 Å². The number of non-ortho nitro benzene ring substituents is 1. The maximum Gasteiger partial charge on any atom is 0.269 e. The summed E-state index contributed by atoms with van der Waals surface area (Å²) in [4.78, 5) is 14.9. The van der Waals surface area contributed by atoms with Crippen molar-refractivity contribution in [1.29, 1.82) is 0 Å². The molecule has 1 aromatic carbocycles. The van der Waals surface area contributed by atoms with Gasteiger partial charge in [-0.05, 0) is 12.5 Å². The van der Waals surface area contributed by atoms with Gasteiger partial charge < -0.3 is 9.88 Å². The minimum atomic E-state index is -0.359. The highest BCUT2D eigenvalue weighted by molar-refractivity contribution is 5.56. The number of benzene rings is 1. The fraction of sp³-hybridized carbons (Fsp3) is 0.400. The third-order valence-corrected chi connectivity index (χ3v) is 3.32. The van der Waals surface area contributed by atoms with Crippen molar-refractivity contribution < 1.29 is 4.92 Å². The first-order valence-electron chi connectivity index (χ1n) is 7.16. The van der Waals surface area contributed by atoms with E-state index in [1.165, 1.54) is 6.07 Å². The summed E-state index contributed by atoms with van der Waals surface area (Å²) in [5, 5.41) is 14.3. The lowest BCUT2D eigenvalue weighted by atomic mass is 10.1. The predicted molar refractivity (Wildman–Crippen MR) is 82.6 cm³/mol. The van der Waals surface area contributed by atoms with Gasteiger partial charge in [0.15, 0.2) is 0 Å². The molecular weight excluding hydrogens is 268 g/mol. The van der Waals surface area contributed by atoms with E-state index in [0.29, 0.717) is 6.54 Å². The molecule has 1 N–H and O–H groups in total. The Bertz CT molecular complexity index is 622. The second-order valence-corrected chi connectivity index (χ2v) is 4.85. The lowest BCUT2D eigenvalue weighted by molar-refractivity contribution is -0.384. The number of imidazole rings is 1. The molecule has 0 atom stereocenters. The maximum atomic E-state index is 11.0. The highest BCUT2D eigenvalue weighted by Crippen LogP contribution is 2.23. The van der Waals surface area contributed by atoms with Gasteiger partial charge in [0.1, 0.15) is 5.82 Å². The zero-order chi connectivity index (χ0) is 15.2. The van der Waals surface area contributed by atoms with Crippen LogP contribution in [0.5, 0.6) is 0 Å². The molecule has 0 saturated heterocycles. The van der Waals surface area contributed by atoms with Crippen LogP contribution < -0.4 is 5.32 Å². The van der Waals surface area contributed by atoms with Gasteiger partial charge in [0, 0.05) is 48.7 Å². The van der Waals surface area contributed by atoms with Crippen molar-refractivity contribution in [3.8, 4) is 0 Å². The Labute approximate surface area is 124 Å². The van der Waals surface area contributed by atoms with E-state index in [9.17, 15) is 10.1 Å². The van der Waals surface area contributed by atoms with E-state index in [4.69, 9.17) is 0 Å². The van der Waals surface area contributed by atoms with E-state index in [2.05, 4.69) is 17.2 Å². The SMILES string of the molecule is CCCNc1ccc([N+](=O)[O-])cc1Cn1ccnc1CC. The third kappa shape index (κ3) is 3.59. The molecule has 1 heterocycles. The van der Waals surface area contributed by atoms with Gasteiger partial charge in [0.2, 0.25) is 0 Å². The summed E-state index contributed by atoms with van der Waals surface area (Å²) in [5.41, 5.74) is 1.97. The molecule has 0 aliphatic carbocycles. The summed E-state index contributed by atoms with van der Waals surface area (Å²) in [6.45, 7) is 5.55. The number of aromatic nitrogens is 2. The second kappa shape index (κ2) is 6.88. The van der Waals surface area contributed by atoms with Crippen LogP contribution in [-0.2, 0) is 13.0 Å². The molecule has 0 spiro atoms. The summed E-state index contributed by atoms with van der Waals surface area (Å²) in [6, 6.07) is 4.96. The third-order valence-electron chi connectivity index (χ3n) is 3.32. The van der Waals surface area contributed by atoms with Gasteiger partial charge >= 0.3 is 0 Å². The smallest absolute Gasteiger partial charge is 0.269 e. The number of hydrogen-bond acceptors (Lipinski definition) is 4. The number of nitrogens with zero attached hydrogens (tertiary/aromatic N) is 3. The van der Waals surface area contributed by atoms with Crippen LogP contribution in [0.2, 0.25) is 0 Å². The summed E-state index contributed by atoms with van der Waals surface area (Å²) < 4.78 is 2.02. The average molecular weight is 288 g/mol. The van der Waals surface area contributed by atoms with Crippen LogP contribution in [0.3, 0.4) is 0 Å². The fourth-order valence-electron chi connectivity index (χ4n) is 2.24. The first kappa shape index (κ1) is 15.0. The summed E-state index contributed by atoms with van der Waals surface area (Å²) >= 11 is 0. The molecule has 0 fully saturated rings. The molecule has 2 aromatic rings. The van der Waals surface area contributed by atoms with Crippen LogP contribution in [0.4, 0.5) is 11.4 Å². The summed E-state index contributed by atoms with van der Waals surface area (Å²) in [5.74, 6) is 0.975. The molecule has 0 unspecified atom stereocenters. The number of rotatable bonds is 7. The Morgan fingerprint density at radius 3 is 2.86 bits per heavy atom. The van der Waals surface area contributed by atoms with E-state index in [1.54, 1.807) is 18.3 Å². The average Bonchev–Trinajstić information content (AvgIpc) is 2.93. The van der Waals surface area contributed by atoms with E-state index in [0.717, 1.165) is 36.5 Å². The lowest BCUT2D eigenvalue weighted by Crippen LogP contribution is -2.08. The minimum absolute atomic E-state index is 0.116. The molecule has 0 aliphatic rings. The Hall–Kier alpha value is -2.37. The predicted octanol–water partition coefficient (Wildman–Crippen LogP) is 3.22. The molecule has 0 saturated carbocycles. The molecule has 0 aliphatic heterocycles. The first-order valence-corrected chi connectivity index (χ1v) is 7.16. The molecule has 112 valence electrons. The van der Waals surface area contributed by atoms with Gasteiger partial charge in [0.25, 0.3) is 5.69 Å². The summed E-state index contributed by atoms with van der Waals surface area (Å²) in [7, 11) is 0. The Morgan fingerprint density at radius 1 is 1.38 bits per heavy atom. The lowest BCUT2D eigenvalue weighted by Gasteiger charge is -2.13. The fourth-order valence-corrected chi connectivity index (χ4v) is 2.24. The molecule has 6 heteroatoms. The highest BCUT2D eigenvalue weighted by atomic mass is 16.6. The molecule has 21 heavy (non-hydrogen) atoms.